The van der Waals surface area contributed by atoms with Crippen molar-refractivity contribution in [1.82, 2.24) is 9.80 Å². The Morgan fingerprint density at radius 3 is 2.26 bits per heavy atom. The lowest BCUT2D eigenvalue weighted by Crippen LogP contribution is -2.34. The van der Waals surface area contributed by atoms with Gasteiger partial charge in [-0.1, -0.05) is 0 Å². The smallest absolute Gasteiger partial charge is 0.335 e. The van der Waals surface area contributed by atoms with Gasteiger partial charge in [-0.3, -0.25) is 4.79 Å². The van der Waals surface area contributed by atoms with Crippen molar-refractivity contribution in [2.45, 2.75) is 12.5 Å². The summed E-state index contributed by atoms with van der Waals surface area (Å²) in [6.45, 7) is 1.48. The topological polar surface area (TPSA) is 60.9 Å². The molecule has 1 aromatic carbocycles. The van der Waals surface area contributed by atoms with Gasteiger partial charge in [0, 0.05) is 24.7 Å². The van der Waals surface area contributed by atoms with Crippen LogP contribution < -0.4 is 0 Å². The molecule has 1 aliphatic rings. The second kappa shape index (κ2) is 5.40. The van der Waals surface area contributed by atoms with Gasteiger partial charge in [-0.05, 0) is 44.8 Å². The van der Waals surface area contributed by atoms with Crippen molar-refractivity contribution in [2.75, 3.05) is 27.2 Å². The normalized spacial score (nSPS) is 18.9. The Kier molecular flexibility index (Phi) is 3.85. The minimum Gasteiger partial charge on any atom is -0.478 e. The second-order valence-corrected chi connectivity index (χ2v) is 5.04. The maximum absolute atomic E-state index is 12.3. The highest BCUT2D eigenvalue weighted by Gasteiger charge is 2.27. The highest BCUT2D eigenvalue weighted by molar-refractivity contribution is 5.96. The Bertz CT molecular complexity index is 482. The lowest BCUT2D eigenvalue weighted by molar-refractivity contribution is 0.0695. The third-order valence-electron chi connectivity index (χ3n) is 3.56. The van der Waals surface area contributed by atoms with Gasteiger partial charge >= 0.3 is 5.97 Å². The SMILES string of the molecule is CN(C)C1CCN(C(=O)c2ccc(C(=O)O)cc2)C1. The van der Waals surface area contributed by atoms with Gasteiger partial charge in [-0.25, -0.2) is 4.79 Å². The van der Waals surface area contributed by atoms with Crippen molar-refractivity contribution in [3.63, 3.8) is 0 Å². The van der Waals surface area contributed by atoms with Gasteiger partial charge in [0.15, 0.2) is 0 Å². The van der Waals surface area contributed by atoms with Gasteiger partial charge in [-0.15, -0.1) is 0 Å². The van der Waals surface area contributed by atoms with Crippen LogP contribution >= 0.6 is 0 Å². The third kappa shape index (κ3) is 2.93. The number of rotatable bonds is 3. The first-order chi connectivity index (χ1) is 8.99. The van der Waals surface area contributed by atoms with Crippen molar-refractivity contribution < 1.29 is 14.7 Å². The zero-order valence-corrected chi connectivity index (χ0v) is 11.2. The van der Waals surface area contributed by atoms with Crippen molar-refractivity contribution in [2.24, 2.45) is 0 Å². The van der Waals surface area contributed by atoms with Gasteiger partial charge in [0.05, 0.1) is 5.56 Å². The first-order valence-electron chi connectivity index (χ1n) is 6.28. The number of hydrogen-bond donors (Lipinski definition) is 1. The van der Waals surface area contributed by atoms with Gasteiger partial charge in [0.25, 0.3) is 5.91 Å². The van der Waals surface area contributed by atoms with Crippen molar-refractivity contribution in [1.29, 1.82) is 0 Å². The first-order valence-corrected chi connectivity index (χ1v) is 6.28. The van der Waals surface area contributed by atoms with Crippen molar-refractivity contribution in [3.8, 4) is 0 Å². The van der Waals surface area contributed by atoms with Crippen LogP contribution in [0.3, 0.4) is 0 Å². The van der Waals surface area contributed by atoms with E-state index in [9.17, 15) is 9.59 Å². The van der Waals surface area contributed by atoms with Crippen LogP contribution in [0.25, 0.3) is 0 Å². The fourth-order valence-corrected chi connectivity index (χ4v) is 2.29. The highest BCUT2D eigenvalue weighted by Crippen LogP contribution is 2.16. The summed E-state index contributed by atoms with van der Waals surface area (Å²) in [5, 5.41) is 8.82. The fraction of sp³-hybridized carbons (Fsp3) is 0.429. The molecule has 0 bridgehead atoms. The Morgan fingerprint density at radius 1 is 1.21 bits per heavy atom. The monoisotopic (exact) mass is 262 g/mol. The van der Waals surface area contributed by atoms with Gasteiger partial charge in [0.2, 0.25) is 0 Å². The maximum atomic E-state index is 12.3. The number of carbonyl (C=O) groups excluding carboxylic acids is 1. The zero-order valence-electron chi connectivity index (χ0n) is 11.2. The molecule has 1 aliphatic heterocycles. The highest BCUT2D eigenvalue weighted by atomic mass is 16.4. The summed E-state index contributed by atoms with van der Waals surface area (Å²) < 4.78 is 0. The van der Waals surface area contributed by atoms with E-state index in [1.165, 1.54) is 12.1 Å². The lowest BCUT2D eigenvalue weighted by Gasteiger charge is -2.20. The zero-order chi connectivity index (χ0) is 14.0. The van der Waals surface area contributed by atoms with Gasteiger partial charge in [0.1, 0.15) is 0 Å². The Labute approximate surface area is 112 Å². The summed E-state index contributed by atoms with van der Waals surface area (Å²) in [6.07, 6.45) is 0.978. The molecule has 1 fully saturated rings. The summed E-state index contributed by atoms with van der Waals surface area (Å²) >= 11 is 0. The molecule has 0 radical (unpaired) electrons. The minimum absolute atomic E-state index is 0.0266. The molecule has 0 spiro atoms. The van der Waals surface area contributed by atoms with Crippen LogP contribution in [0, 0.1) is 0 Å². The van der Waals surface area contributed by atoms with Crippen molar-refractivity contribution >= 4 is 11.9 Å². The maximum Gasteiger partial charge on any atom is 0.335 e. The van der Waals surface area contributed by atoms with E-state index in [-0.39, 0.29) is 11.5 Å². The molecule has 1 saturated heterocycles. The average Bonchev–Trinajstić information content (AvgIpc) is 2.87. The van der Waals surface area contributed by atoms with Gasteiger partial charge < -0.3 is 14.9 Å². The molecule has 1 unspecified atom stereocenters. The van der Waals surface area contributed by atoms with Crippen LogP contribution in [0.15, 0.2) is 24.3 Å². The molecule has 5 nitrogen and oxygen atoms in total. The van der Waals surface area contributed by atoms with Crippen LogP contribution in [0.1, 0.15) is 27.1 Å². The summed E-state index contributed by atoms with van der Waals surface area (Å²) in [4.78, 5) is 27.0. The number of amides is 1. The standard InChI is InChI=1S/C14H18N2O3/c1-15(2)12-7-8-16(9-12)13(17)10-3-5-11(6-4-10)14(18)19/h3-6,12H,7-9H2,1-2H3,(H,18,19). The number of carbonyl (C=O) groups is 2. The summed E-state index contributed by atoms with van der Waals surface area (Å²) in [5.74, 6) is -1.01. The quantitative estimate of drug-likeness (QED) is 0.888. The Hall–Kier alpha value is -1.88. The van der Waals surface area contributed by atoms with E-state index in [0.29, 0.717) is 11.6 Å². The second-order valence-electron chi connectivity index (χ2n) is 5.04. The van der Waals surface area contributed by atoms with E-state index in [4.69, 9.17) is 5.11 Å². The number of carboxylic acids is 1. The number of benzene rings is 1. The van der Waals surface area contributed by atoms with E-state index < -0.39 is 5.97 Å². The summed E-state index contributed by atoms with van der Waals surface area (Å²) in [7, 11) is 4.03. The molecular weight excluding hydrogens is 244 g/mol. The molecule has 102 valence electrons. The van der Waals surface area contributed by atoms with Crippen LogP contribution in [0.2, 0.25) is 0 Å². The molecule has 0 aliphatic carbocycles. The number of carboxylic acid groups (broad SMARTS) is 1. The average molecular weight is 262 g/mol. The molecule has 1 heterocycles. The van der Waals surface area contributed by atoms with E-state index >= 15 is 0 Å². The molecule has 1 atom stereocenters. The Morgan fingerprint density at radius 2 is 1.79 bits per heavy atom. The summed E-state index contributed by atoms with van der Waals surface area (Å²) in [5.41, 5.74) is 0.744. The molecule has 1 aromatic rings. The molecule has 1 amide bonds. The number of likely N-dealkylation sites (N-methyl/N-ethyl adjacent to an activating group) is 1. The summed E-state index contributed by atoms with van der Waals surface area (Å²) in [6, 6.07) is 6.50. The van der Waals surface area contributed by atoms with Crippen LogP contribution in [-0.2, 0) is 0 Å². The van der Waals surface area contributed by atoms with E-state index in [1.54, 1.807) is 12.1 Å². The molecule has 0 saturated carbocycles. The number of nitrogens with zero attached hydrogens (tertiary/aromatic N) is 2. The fourth-order valence-electron chi connectivity index (χ4n) is 2.29. The number of aromatic carboxylic acids is 1. The molecular formula is C14H18N2O3. The molecule has 5 heteroatoms. The molecule has 1 N–H and O–H groups in total. The van der Waals surface area contributed by atoms with E-state index in [0.717, 1.165) is 19.5 Å². The van der Waals surface area contributed by atoms with Crippen LogP contribution in [-0.4, -0.2) is 60.0 Å². The predicted molar refractivity (Wildman–Crippen MR) is 71.4 cm³/mol. The lowest BCUT2D eigenvalue weighted by atomic mass is 10.1. The minimum atomic E-state index is -0.979. The molecule has 2 rings (SSSR count). The Balaban J connectivity index is 2.06. The molecule has 0 aromatic heterocycles. The molecule has 19 heavy (non-hydrogen) atoms. The van der Waals surface area contributed by atoms with Crippen molar-refractivity contribution in [3.05, 3.63) is 35.4 Å². The van der Waals surface area contributed by atoms with Crippen LogP contribution in [0.4, 0.5) is 0 Å². The number of likely N-dealkylation sites (tertiary alicyclic amines) is 1. The van der Waals surface area contributed by atoms with Gasteiger partial charge in [-0.2, -0.15) is 0 Å². The van der Waals surface area contributed by atoms with E-state index in [1.807, 2.05) is 19.0 Å². The number of hydrogen-bond acceptors (Lipinski definition) is 3. The predicted octanol–water partition coefficient (Wildman–Crippen LogP) is 1.16. The first kappa shape index (κ1) is 13.5. The largest absolute Gasteiger partial charge is 0.478 e. The van der Waals surface area contributed by atoms with E-state index in [2.05, 4.69) is 4.90 Å². The van der Waals surface area contributed by atoms with Crippen LogP contribution in [0.5, 0.6) is 0 Å². The third-order valence-corrected chi connectivity index (χ3v) is 3.56.